The Morgan fingerprint density at radius 1 is 0.377 bits per heavy atom. The molecule has 0 unspecified atom stereocenters. The van der Waals surface area contributed by atoms with E-state index < -0.39 is 0 Å². The summed E-state index contributed by atoms with van der Waals surface area (Å²) in [5.74, 6) is 0. The smallest absolute Gasteiger partial charge is 0.0540 e. The molecule has 0 N–H and O–H groups in total. The summed E-state index contributed by atoms with van der Waals surface area (Å²) in [5, 5.41) is 2.62. The van der Waals surface area contributed by atoms with Gasteiger partial charge in [0, 0.05) is 36.7 Å². The lowest BCUT2D eigenvalue weighted by molar-refractivity contribution is 0.661. The van der Waals surface area contributed by atoms with E-state index in [-0.39, 0.29) is 5.41 Å². The molecule has 1 aromatic heterocycles. The third-order valence-electron chi connectivity index (χ3n) is 11.1. The van der Waals surface area contributed by atoms with Crippen molar-refractivity contribution in [2.75, 3.05) is 4.90 Å². The first kappa shape index (κ1) is 31.5. The molecule has 1 aliphatic rings. The van der Waals surface area contributed by atoms with Crippen LogP contribution in [0.25, 0.3) is 64.7 Å². The average Bonchev–Trinajstić information content (AvgIpc) is 3.71. The predicted octanol–water partition coefficient (Wildman–Crippen LogP) is 14.8. The summed E-state index contributed by atoms with van der Waals surface area (Å²) in [6.45, 7) is 4.78. The maximum absolute atomic E-state index is 2.56. The van der Waals surface area contributed by atoms with Gasteiger partial charge < -0.3 is 4.90 Å². The Morgan fingerprint density at radius 3 is 1.66 bits per heavy atom. The van der Waals surface area contributed by atoms with Crippen LogP contribution in [0.5, 0.6) is 0 Å². The van der Waals surface area contributed by atoms with Gasteiger partial charge in [0.2, 0.25) is 0 Å². The van der Waals surface area contributed by atoms with E-state index >= 15 is 0 Å². The van der Waals surface area contributed by atoms with Crippen molar-refractivity contribution in [1.82, 2.24) is 0 Å². The van der Waals surface area contributed by atoms with Crippen LogP contribution < -0.4 is 4.90 Å². The normalized spacial score (nSPS) is 12.9. The monoisotopic (exact) mass is 695 g/mol. The fourth-order valence-electron chi connectivity index (χ4n) is 8.77. The van der Waals surface area contributed by atoms with Crippen molar-refractivity contribution in [3.63, 3.8) is 0 Å². The Kier molecular flexibility index (Phi) is 7.42. The topological polar surface area (TPSA) is 3.24 Å². The van der Waals surface area contributed by atoms with Crippen molar-refractivity contribution < 1.29 is 0 Å². The number of para-hydroxylation sites is 2. The second kappa shape index (κ2) is 12.5. The SMILES string of the molecule is CC1(C)c2ccccc2-c2cccc(N(c3ccccc3-c3ccccc3-c3ccccc3)c3ccccc3-c3cccc4sc5ccccc5c34)c21. The van der Waals surface area contributed by atoms with Crippen LogP contribution in [0.1, 0.15) is 25.0 Å². The highest BCUT2D eigenvalue weighted by molar-refractivity contribution is 7.25. The zero-order valence-corrected chi connectivity index (χ0v) is 30.6. The van der Waals surface area contributed by atoms with Crippen LogP contribution in [0.4, 0.5) is 17.1 Å². The summed E-state index contributed by atoms with van der Waals surface area (Å²) in [6, 6.07) is 69.1. The van der Waals surface area contributed by atoms with E-state index in [9.17, 15) is 0 Å². The third kappa shape index (κ3) is 4.98. The zero-order valence-electron chi connectivity index (χ0n) is 29.8. The first-order valence-corrected chi connectivity index (χ1v) is 19.2. The van der Waals surface area contributed by atoms with Gasteiger partial charge in [0.1, 0.15) is 0 Å². The summed E-state index contributed by atoms with van der Waals surface area (Å²) < 4.78 is 2.62. The number of fused-ring (bicyclic) bond motifs is 6. The van der Waals surface area contributed by atoms with Crippen LogP contribution >= 0.6 is 11.3 Å². The molecule has 252 valence electrons. The number of thiophene rings is 1. The van der Waals surface area contributed by atoms with E-state index in [1.807, 2.05) is 11.3 Å². The molecule has 0 radical (unpaired) electrons. The fraction of sp³-hybridized carbons (Fsp3) is 0.0588. The Hall–Kier alpha value is -6.22. The molecule has 0 saturated heterocycles. The molecule has 0 saturated carbocycles. The van der Waals surface area contributed by atoms with Crippen molar-refractivity contribution >= 4 is 48.6 Å². The lowest BCUT2D eigenvalue weighted by Crippen LogP contribution is -2.21. The maximum atomic E-state index is 2.56. The van der Waals surface area contributed by atoms with Gasteiger partial charge in [-0.1, -0.05) is 172 Å². The van der Waals surface area contributed by atoms with Gasteiger partial charge in [-0.2, -0.15) is 0 Å². The molecule has 0 spiro atoms. The van der Waals surface area contributed by atoms with Gasteiger partial charge in [0.15, 0.2) is 0 Å². The van der Waals surface area contributed by atoms with Gasteiger partial charge in [-0.15, -0.1) is 11.3 Å². The van der Waals surface area contributed by atoms with Crippen LogP contribution in [-0.2, 0) is 5.41 Å². The summed E-state index contributed by atoms with van der Waals surface area (Å²) in [4.78, 5) is 2.56. The first-order chi connectivity index (χ1) is 26.1. The van der Waals surface area contributed by atoms with Gasteiger partial charge in [-0.25, -0.2) is 0 Å². The Bertz CT molecular complexity index is 2820. The van der Waals surface area contributed by atoms with Crippen LogP contribution in [0, 0.1) is 0 Å². The molecule has 10 rings (SSSR count). The number of hydrogen-bond acceptors (Lipinski definition) is 2. The number of rotatable bonds is 6. The predicted molar refractivity (Wildman–Crippen MR) is 228 cm³/mol. The standard InChI is InChI=1S/C51H37NS/c1-51(2)43-28-12-8-22-37(43)41-27-16-31-46(50(41)51)52(44-29-13-9-23-38(44)36-21-7-6-20-35(36)34-18-4-3-5-19-34)45-30-14-10-24-39(45)40-26-17-33-48-49(40)42-25-11-15-32-47(42)53-48/h3-33H,1-2H3. The van der Waals surface area contributed by atoms with E-state index in [1.54, 1.807) is 0 Å². The van der Waals surface area contributed by atoms with Gasteiger partial charge in [0.05, 0.1) is 17.1 Å². The summed E-state index contributed by atoms with van der Waals surface area (Å²) in [7, 11) is 0. The molecule has 9 aromatic rings. The molecule has 0 fully saturated rings. The Balaban J connectivity index is 1.30. The maximum Gasteiger partial charge on any atom is 0.0540 e. The molecule has 1 nitrogen and oxygen atoms in total. The van der Waals surface area contributed by atoms with Gasteiger partial charge in [-0.3, -0.25) is 0 Å². The first-order valence-electron chi connectivity index (χ1n) is 18.4. The minimum absolute atomic E-state index is 0.212. The van der Waals surface area contributed by atoms with Gasteiger partial charge in [-0.05, 0) is 74.8 Å². The van der Waals surface area contributed by atoms with Gasteiger partial charge >= 0.3 is 0 Å². The minimum Gasteiger partial charge on any atom is -0.309 e. The summed E-state index contributed by atoms with van der Waals surface area (Å²) >= 11 is 1.87. The lowest BCUT2D eigenvalue weighted by Gasteiger charge is -2.34. The van der Waals surface area contributed by atoms with E-state index in [1.165, 1.54) is 81.5 Å². The molecule has 0 atom stereocenters. The van der Waals surface area contributed by atoms with Gasteiger partial charge in [0.25, 0.3) is 0 Å². The quantitative estimate of drug-likeness (QED) is 0.167. The second-order valence-corrected chi connectivity index (χ2v) is 15.5. The second-order valence-electron chi connectivity index (χ2n) is 14.4. The van der Waals surface area contributed by atoms with Crippen molar-refractivity contribution in [3.8, 4) is 44.5 Å². The van der Waals surface area contributed by atoms with Crippen molar-refractivity contribution in [3.05, 3.63) is 199 Å². The highest BCUT2D eigenvalue weighted by Gasteiger charge is 2.39. The lowest BCUT2D eigenvalue weighted by atomic mass is 9.81. The van der Waals surface area contributed by atoms with Crippen molar-refractivity contribution in [2.24, 2.45) is 0 Å². The minimum atomic E-state index is -0.212. The average molecular weight is 696 g/mol. The highest BCUT2D eigenvalue weighted by Crippen LogP contribution is 2.56. The van der Waals surface area contributed by atoms with Crippen molar-refractivity contribution in [2.45, 2.75) is 19.3 Å². The van der Waals surface area contributed by atoms with Crippen LogP contribution in [0.2, 0.25) is 0 Å². The molecule has 0 aliphatic heterocycles. The number of nitrogens with zero attached hydrogens (tertiary/aromatic N) is 1. The molecule has 2 heteroatoms. The Labute approximate surface area is 315 Å². The number of hydrogen-bond donors (Lipinski definition) is 0. The zero-order chi connectivity index (χ0) is 35.5. The van der Waals surface area contributed by atoms with Crippen molar-refractivity contribution in [1.29, 1.82) is 0 Å². The molecule has 0 bridgehead atoms. The van der Waals surface area contributed by atoms with E-state index in [4.69, 9.17) is 0 Å². The molecular formula is C51H37NS. The molecule has 1 aliphatic carbocycles. The molecule has 53 heavy (non-hydrogen) atoms. The van der Waals surface area contributed by atoms with E-state index in [0.717, 1.165) is 11.4 Å². The Morgan fingerprint density at radius 2 is 0.887 bits per heavy atom. The molecule has 8 aromatic carbocycles. The number of anilines is 3. The van der Waals surface area contributed by atoms with Crippen LogP contribution in [-0.4, -0.2) is 0 Å². The van der Waals surface area contributed by atoms with E-state index in [2.05, 4.69) is 207 Å². The molecule has 1 heterocycles. The molecule has 0 amide bonds. The summed E-state index contributed by atoms with van der Waals surface area (Å²) in [6.07, 6.45) is 0. The molecular weight excluding hydrogens is 659 g/mol. The largest absolute Gasteiger partial charge is 0.309 e. The summed E-state index contributed by atoms with van der Waals surface area (Å²) in [5.41, 5.74) is 15.9. The van der Waals surface area contributed by atoms with Crippen LogP contribution in [0.3, 0.4) is 0 Å². The third-order valence-corrected chi connectivity index (χ3v) is 12.2. The van der Waals surface area contributed by atoms with Crippen LogP contribution in [0.15, 0.2) is 188 Å². The fourth-order valence-corrected chi connectivity index (χ4v) is 9.91. The van der Waals surface area contributed by atoms with E-state index in [0.29, 0.717) is 0 Å². The highest BCUT2D eigenvalue weighted by atomic mass is 32.1. The number of benzene rings is 8.